The highest BCUT2D eigenvalue weighted by molar-refractivity contribution is 5.73. The fourth-order valence-electron chi connectivity index (χ4n) is 2.46. The number of rotatable bonds is 4. The Morgan fingerprint density at radius 2 is 2.00 bits per heavy atom. The third-order valence-electron chi connectivity index (χ3n) is 3.61. The molecule has 0 saturated carbocycles. The monoisotopic (exact) mass is 336 g/mol. The maximum Gasteiger partial charge on any atom is 0.451 e. The molecule has 126 valence electrons. The summed E-state index contributed by atoms with van der Waals surface area (Å²) in [6, 6.07) is 7.30. The minimum absolute atomic E-state index is 0.178. The molecular weight excluding hydrogens is 321 g/mol. The first kappa shape index (κ1) is 16.2. The molecule has 0 saturated heterocycles. The van der Waals surface area contributed by atoms with E-state index in [1.165, 1.54) is 6.33 Å². The highest BCUT2D eigenvalue weighted by atomic mass is 19.4. The van der Waals surface area contributed by atoms with E-state index in [2.05, 4.69) is 15.0 Å². The van der Waals surface area contributed by atoms with Crippen molar-refractivity contribution in [2.24, 2.45) is 0 Å². The normalized spacial score (nSPS) is 11.9. The van der Waals surface area contributed by atoms with Crippen molar-refractivity contribution in [3.63, 3.8) is 0 Å². The summed E-state index contributed by atoms with van der Waals surface area (Å²) in [5.41, 5.74) is 1.74. The van der Waals surface area contributed by atoms with Crippen molar-refractivity contribution in [2.75, 3.05) is 7.11 Å². The van der Waals surface area contributed by atoms with Gasteiger partial charge in [-0.05, 0) is 24.1 Å². The number of hydrogen-bond acceptors (Lipinski definition) is 4. The number of hydrogen-bond donors (Lipinski definition) is 0. The molecule has 3 rings (SSSR count). The number of benzene rings is 1. The summed E-state index contributed by atoms with van der Waals surface area (Å²) >= 11 is 0. The number of aryl methyl sites for hydroxylation is 1. The minimum atomic E-state index is -4.59. The van der Waals surface area contributed by atoms with Gasteiger partial charge in [-0.25, -0.2) is 15.0 Å². The first-order valence-corrected chi connectivity index (χ1v) is 7.34. The van der Waals surface area contributed by atoms with Crippen molar-refractivity contribution < 1.29 is 17.9 Å². The summed E-state index contributed by atoms with van der Waals surface area (Å²) in [7, 11) is 1.56. The largest absolute Gasteiger partial charge is 0.497 e. The standard InChI is InChI=1S/C16H15F3N4O/c1-3-12-13-14(22-15(21-12)16(17,18)19)23(9-20-13)8-10-5-4-6-11(7-10)24-2/h4-7,9H,3,8H2,1-2H3. The van der Waals surface area contributed by atoms with E-state index in [4.69, 9.17) is 4.74 Å². The van der Waals surface area contributed by atoms with Crippen molar-refractivity contribution in [3.8, 4) is 5.75 Å². The molecule has 0 spiro atoms. The average Bonchev–Trinajstić information content (AvgIpc) is 2.96. The van der Waals surface area contributed by atoms with Gasteiger partial charge in [-0.3, -0.25) is 0 Å². The van der Waals surface area contributed by atoms with Crippen LogP contribution in [-0.4, -0.2) is 26.6 Å². The quantitative estimate of drug-likeness (QED) is 0.732. The molecule has 1 aromatic carbocycles. The van der Waals surface area contributed by atoms with Gasteiger partial charge in [0.1, 0.15) is 11.3 Å². The third-order valence-corrected chi connectivity index (χ3v) is 3.61. The summed E-state index contributed by atoms with van der Waals surface area (Å²) in [5, 5.41) is 0. The van der Waals surface area contributed by atoms with E-state index in [0.717, 1.165) is 5.56 Å². The first-order chi connectivity index (χ1) is 11.4. The molecule has 8 heteroatoms. The summed E-state index contributed by atoms with van der Waals surface area (Å²) in [5.74, 6) is -0.462. The Kier molecular flexibility index (Phi) is 4.13. The molecule has 2 heterocycles. The predicted molar refractivity (Wildman–Crippen MR) is 81.8 cm³/mol. The topological polar surface area (TPSA) is 52.8 Å². The lowest BCUT2D eigenvalue weighted by Gasteiger charge is -2.09. The van der Waals surface area contributed by atoms with Crippen molar-refractivity contribution in [1.82, 2.24) is 19.5 Å². The second-order valence-corrected chi connectivity index (χ2v) is 5.24. The fraction of sp³-hybridized carbons (Fsp3) is 0.312. The summed E-state index contributed by atoms with van der Waals surface area (Å²) in [6.45, 7) is 2.08. The summed E-state index contributed by atoms with van der Waals surface area (Å²) < 4.78 is 45.8. The van der Waals surface area contributed by atoms with E-state index in [9.17, 15) is 13.2 Å². The molecule has 24 heavy (non-hydrogen) atoms. The molecule has 0 fully saturated rings. The zero-order chi connectivity index (χ0) is 17.3. The molecule has 0 aliphatic carbocycles. The molecule has 0 aliphatic rings. The van der Waals surface area contributed by atoms with Crippen molar-refractivity contribution >= 4 is 11.2 Å². The average molecular weight is 336 g/mol. The molecule has 0 N–H and O–H groups in total. The van der Waals surface area contributed by atoms with E-state index in [1.807, 2.05) is 18.2 Å². The Hall–Kier alpha value is -2.64. The van der Waals surface area contributed by atoms with Gasteiger partial charge in [0.05, 0.1) is 25.7 Å². The molecule has 5 nitrogen and oxygen atoms in total. The fourth-order valence-corrected chi connectivity index (χ4v) is 2.46. The third kappa shape index (κ3) is 3.04. The van der Waals surface area contributed by atoms with Crippen LogP contribution in [0, 0.1) is 0 Å². The lowest BCUT2D eigenvalue weighted by Crippen LogP contribution is -2.14. The van der Waals surface area contributed by atoms with E-state index in [-0.39, 0.29) is 11.3 Å². The van der Waals surface area contributed by atoms with Gasteiger partial charge in [0.25, 0.3) is 0 Å². The summed E-state index contributed by atoms with van der Waals surface area (Å²) in [6.07, 6.45) is -2.76. The molecule has 0 radical (unpaired) electrons. The minimum Gasteiger partial charge on any atom is -0.497 e. The number of halogens is 3. The molecule has 3 aromatic rings. The van der Waals surface area contributed by atoms with Gasteiger partial charge in [0, 0.05) is 0 Å². The van der Waals surface area contributed by atoms with Crippen LogP contribution in [0.25, 0.3) is 11.2 Å². The Morgan fingerprint density at radius 3 is 2.67 bits per heavy atom. The van der Waals surface area contributed by atoms with Crippen molar-refractivity contribution in [2.45, 2.75) is 26.1 Å². The van der Waals surface area contributed by atoms with Crippen LogP contribution in [0.3, 0.4) is 0 Å². The maximum atomic E-state index is 13.0. The second kappa shape index (κ2) is 6.10. The predicted octanol–water partition coefficient (Wildman–Crippen LogP) is 3.46. The highest BCUT2D eigenvalue weighted by Crippen LogP contribution is 2.28. The van der Waals surface area contributed by atoms with E-state index in [1.54, 1.807) is 24.7 Å². The molecule has 0 amide bonds. The van der Waals surface area contributed by atoms with Crippen LogP contribution >= 0.6 is 0 Å². The van der Waals surface area contributed by atoms with Crippen LogP contribution in [0.5, 0.6) is 5.75 Å². The zero-order valence-corrected chi connectivity index (χ0v) is 13.1. The van der Waals surface area contributed by atoms with E-state index < -0.39 is 12.0 Å². The van der Waals surface area contributed by atoms with Crippen LogP contribution < -0.4 is 4.74 Å². The molecule has 0 unspecified atom stereocenters. The Morgan fingerprint density at radius 1 is 1.21 bits per heavy atom. The van der Waals surface area contributed by atoms with Crippen LogP contribution in [0.15, 0.2) is 30.6 Å². The lowest BCUT2D eigenvalue weighted by atomic mass is 10.2. The summed E-state index contributed by atoms with van der Waals surface area (Å²) in [4.78, 5) is 11.5. The van der Waals surface area contributed by atoms with Crippen LogP contribution in [0.1, 0.15) is 24.0 Å². The zero-order valence-electron chi connectivity index (χ0n) is 13.1. The second-order valence-electron chi connectivity index (χ2n) is 5.24. The first-order valence-electron chi connectivity index (χ1n) is 7.34. The molecule has 2 aromatic heterocycles. The number of aromatic nitrogens is 4. The highest BCUT2D eigenvalue weighted by Gasteiger charge is 2.36. The van der Waals surface area contributed by atoms with Gasteiger partial charge in [-0.1, -0.05) is 19.1 Å². The van der Waals surface area contributed by atoms with Gasteiger partial charge in [-0.15, -0.1) is 0 Å². The van der Waals surface area contributed by atoms with Crippen LogP contribution in [0.2, 0.25) is 0 Å². The SMILES string of the molecule is CCc1nc(C(F)(F)F)nc2c1ncn2Cc1cccc(OC)c1. The molecule has 0 aliphatic heterocycles. The van der Waals surface area contributed by atoms with Crippen LogP contribution in [-0.2, 0) is 19.1 Å². The van der Waals surface area contributed by atoms with E-state index >= 15 is 0 Å². The molecular formula is C16H15F3N4O. The van der Waals surface area contributed by atoms with Crippen LogP contribution in [0.4, 0.5) is 13.2 Å². The Labute approximate surface area is 136 Å². The molecule has 0 bridgehead atoms. The number of methoxy groups -OCH3 is 1. The van der Waals surface area contributed by atoms with Crippen molar-refractivity contribution in [3.05, 3.63) is 47.7 Å². The number of alkyl halides is 3. The van der Waals surface area contributed by atoms with Gasteiger partial charge >= 0.3 is 6.18 Å². The molecule has 0 atom stereocenters. The van der Waals surface area contributed by atoms with Gasteiger partial charge in [0.2, 0.25) is 5.82 Å². The smallest absolute Gasteiger partial charge is 0.451 e. The van der Waals surface area contributed by atoms with Gasteiger partial charge in [0.15, 0.2) is 5.65 Å². The van der Waals surface area contributed by atoms with Crippen molar-refractivity contribution in [1.29, 1.82) is 0 Å². The lowest BCUT2D eigenvalue weighted by molar-refractivity contribution is -0.144. The van der Waals surface area contributed by atoms with E-state index in [0.29, 0.717) is 24.2 Å². The Balaban J connectivity index is 2.08. The van der Waals surface area contributed by atoms with Gasteiger partial charge in [-0.2, -0.15) is 13.2 Å². The number of ether oxygens (including phenoxy) is 1. The number of fused-ring (bicyclic) bond motifs is 1. The number of imidazole rings is 1. The van der Waals surface area contributed by atoms with Gasteiger partial charge < -0.3 is 9.30 Å². The maximum absolute atomic E-state index is 13.0. The Bertz CT molecular complexity index is 873. The number of nitrogens with zero attached hydrogens (tertiary/aromatic N) is 4.